The largest absolute Gasteiger partial charge is 0.496 e. The van der Waals surface area contributed by atoms with Crippen LogP contribution in [-0.2, 0) is 14.4 Å². The summed E-state index contributed by atoms with van der Waals surface area (Å²) in [5, 5.41) is 18.8. The third-order valence-electron chi connectivity index (χ3n) is 11.4. The molecule has 0 bridgehead atoms. The Kier molecular flexibility index (Phi) is 11.3. The molecule has 2 amide bonds. The van der Waals surface area contributed by atoms with Crippen LogP contribution in [0.2, 0.25) is 0 Å². The molecular weight excluding hydrogens is 582 g/mol. The normalized spacial score (nSPS) is 30.4. The van der Waals surface area contributed by atoms with E-state index >= 15 is 0 Å². The number of hydroxylamine groups is 2. The van der Waals surface area contributed by atoms with Gasteiger partial charge in [0.2, 0.25) is 5.91 Å². The number of methoxy groups -OCH3 is 1. The van der Waals surface area contributed by atoms with E-state index in [-0.39, 0.29) is 36.4 Å². The number of nitrogens with two attached hydrogens (primary N) is 1. The third kappa shape index (κ3) is 7.00. The van der Waals surface area contributed by atoms with Crippen molar-refractivity contribution in [2.75, 3.05) is 46.2 Å². The molecular formula is C36H57N5O5. The Morgan fingerprint density at radius 1 is 1.22 bits per heavy atom. The third-order valence-corrected chi connectivity index (χ3v) is 11.4. The van der Waals surface area contributed by atoms with Gasteiger partial charge in [0.25, 0.3) is 5.91 Å². The predicted octanol–water partition coefficient (Wildman–Crippen LogP) is 3.95. The lowest BCUT2D eigenvalue weighted by Gasteiger charge is -2.50. The molecule has 256 valence electrons. The van der Waals surface area contributed by atoms with Crippen LogP contribution in [0.3, 0.4) is 0 Å². The number of anilines is 1. The zero-order valence-electron chi connectivity index (χ0n) is 29.5. The van der Waals surface area contributed by atoms with Gasteiger partial charge in [0.1, 0.15) is 11.8 Å². The Labute approximate surface area is 275 Å². The number of aliphatic hydroxyl groups excluding tert-OH is 1. The zero-order chi connectivity index (χ0) is 34.1. The van der Waals surface area contributed by atoms with E-state index in [4.69, 9.17) is 15.3 Å². The standard InChI is InChI=1S/C36H57N5O5/c1-20-14-29(21(2)22(3)36(20,5)6)39-35(44)32-31(23(4)42)30(18-37)46-41(32)19-24-12-11-13-28(33(24)45-10)25-15-26(34(43)38-7)17-27(16-25)40(8)9/h12,15-17,20-23,29-32,42H,11,13-14,18-19,37H2,1-10H3,(H,38,43)(H,39,44)/t20-,21+,22+,23+,29+,30+,31-,32+/m1/s1. The number of rotatable bonds is 10. The minimum atomic E-state index is -0.805. The number of aliphatic hydroxyl groups is 1. The fraction of sp³-hybridized carbons (Fsp3) is 0.667. The van der Waals surface area contributed by atoms with Gasteiger partial charge < -0.3 is 31.1 Å². The molecule has 1 heterocycles. The number of nitrogens with one attached hydrogen (secondary N) is 2. The fourth-order valence-corrected chi connectivity index (χ4v) is 7.70. The molecule has 1 aliphatic heterocycles. The second-order valence-electron chi connectivity index (χ2n) is 14.5. The molecule has 8 atom stereocenters. The summed E-state index contributed by atoms with van der Waals surface area (Å²) in [5.41, 5.74) is 10.6. The molecule has 0 spiro atoms. The number of nitrogens with zero attached hydrogens (tertiary/aromatic N) is 2. The average Bonchev–Trinajstić information content (AvgIpc) is 3.40. The summed E-state index contributed by atoms with van der Waals surface area (Å²) in [6.07, 6.45) is 3.19. The summed E-state index contributed by atoms with van der Waals surface area (Å²) in [6, 6.07) is 5.12. The molecule has 0 radical (unpaired) electrons. The van der Waals surface area contributed by atoms with Gasteiger partial charge in [-0.25, -0.2) is 0 Å². The van der Waals surface area contributed by atoms with Crippen LogP contribution in [0.25, 0.3) is 5.57 Å². The summed E-state index contributed by atoms with van der Waals surface area (Å²) in [4.78, 5) is 35.3. The van der Waals surface area contributed by atoms with Crippen molar-refractivity contribution in [1.82, 2.24) is 15.7 Å². The van der Waals surface area contributed by atoms with Gasteiger partial charge in [0.05, 0.1) is 25.9 Å². The monoisotopic (exact) mass is 639 g/mol. The molecule has 2 aliphatic carbocycles. The highest BCUT2D eigenvalue weighted by Gasteiger charge is 2.51. The van der Waals surface area contributed by atoms with E-state index < -0.39 is 24.2 Å². The van der Waals surface area contributed by atoms with Crippen LogP contribution in [0.15, 0.2) is 35.6 Å². The van der Waals surface area contributed by atoms with E-state index in [0.29, 0.717) is 29.1 Å². The molecule has 4 rings (SSSR count). The fourth-order valence-electron chi connectivity index (χ4n) is 7.70. The van der Waals surface area contributed by atoms with Gasteiger partial charge in [-0.3, -0.25) is 14.4 Å². The lowest BCUT2D eigenvalue weighted by Crippen LogP contribution is -2.57. The van der Waals surface area contributed by atoms with Gasteiger partial charge in [-0.05, 0) is 73.1 Å². The molecule has 10 nitrogen and oxygen atoms in total. The molecule has 1 aromatic carbocycles. The molecule has 1 saturated heterocycles. The van der Waals surface area contributed by atoms with E-state index in [1.807, 2.05) is 31.1 Å². The zero-order valence-corrected chi connectivity index (χ0v) is 29.5. The number of benzene rings is 1. The van der Waals surface area contributed by atoms with Gasteiger partial charge >= 0.3 is 0 Å². The van der Waals surface area contributed by atoms with Crippen molar-refractivity contribution in [3.8, 4) is 0 Å². The average molecular weight is 640 g/mol. The number of amides is 2. The highest BCUT2D eigenvalue weighted by atomic mass is 16.7. The molecule has 0 unspecified atom stereocenters. The van der Waals surface area contributed by atoms with Crippen molar-refractivity contribution in [3.05, 3.63) is 46.7 Å². The second kappa shape index (κ2) is 14.5. The van der Waals surface area contributed by atoms with Crippen LogP contribution in [0.5, 0.6) is 0 Å². The Hall–Kier alpha value is -2.92. The van der Waals surface area contributed by atoms with E-state index in [1.54, 1.807) is 26.1 Å². The number of hydrogen-bond acceptors (Lipinski definition) is 8. The van der Waals surface area contributed by atoms with Crippen molar-refractivity contribution in [1.29, 1.82) is 0 Å². The van der Waals surface area contributed by atoms with Gasteiger partial charge in [0, 0.05) is 62.0 Å². The first-order valence-electron chi connectivity index (χ1n) is 16.8. The molecule has 1 aromatic rings. The summed E-state index contributed by atoms with van der Waals surface area (Å²) in [6.45, 7) is 13.6. The predicted molar refractivity (Wildman–Crippen MR) is 183 cm³/mol. The first-order chi connectivity index (χ1) is 21.7. The Morgan fingerprint density at radius 2 is 1.91 bits per heavy atom. The van der Waals surface area contributed by atoms with Crippen LogP contribution in [0.4, 0.5) is 5.69 Å². The number of carbonyl (C=O) groups is 2. The van der Waals surface area contributed by atoms with Gasteiger partial charge in [0.15, 0.2) is 0 Å². The van der Waals surface area contributed by atoms with Gasteiger partial charge in [-0.15, -0.1) is 0 Å². The Balaban J connectivity index is 1.67. The number of ether oxygens (including phenoxy) is 1. The van der Waals surface area contributed by atoms with Gasteiger partial charge in [-0.1, -0.05) is 40.7 Å². The minimum absolute atomic E-state index is 0.0207. The van der Waals surface area contributed by atoms with Crippen LogP contribution >= 0.6 is 0 Å². The van der Waals surface area contributed by atoms with Crippen LogP contribution in [0, 0.1) is 29.1 Å². The van der Waals surface area contributed by atoms with Crippen LogP contribution in [0.1, 0.15) is 76.7 Å². The Bertz CT molecular complexity index is 1340. The maximum absolute atomic E-state index is 14.2. The molecule has 5 N–H and O–H groups in total. The molecule has 10 heteroatoms. The summed E-state index contributed by atoms with van der Waals surface area (Å²) in [7, 11) is 7.17. The smallest absolute Gasteiger partial charge is 0.251 e. The van der Waals surface area contributed by atoms with Crippen molar-refractivity contribution >= 4 is 23.1 Å². The van der Waals surface area contributed by atoms with E-state index in [2.05, 4.69) is 57.4 Å². The lowest BCUT2D eigenvalue weighted by atomic mass is 9.58. The quantitative estimate of drug-likeness (QED) is 0.303. The minimum Gasteiger partial charge on any atom is -0.496 e. The topological polar surface area (TPSA) is 129 Å². The maximum Gasteiger partial charge on any atom is 0.251 e. The summed E-state index contributed by atoms with van der Waals surface area (Å²) >= 11 is 0. The lowest BCUT2D eigenvalue weighted by molar-refractivity contribution is -0.165. The van der Waals surface area contributed by atoms with Crippen LogP contribution in [-0.4, -0.2) is 87.6 Å². The molecule has 0 aromatic heterocycles. The SMILES string of the molecule is CNC(=O)c1cc(C2=C(OC)C(CN3O[C@@H](CN)[C@@H]([C@H](C)O)[C@H]3C(=O)N[C@H]3C[C@@H](C)C(C)(C)[C@@H](C)[C@@H]3C)=CCC2)cc(N(C)C)c1. The van der Waals surface area contributed by atoms with E-state index in [0.717, 1.165) is 41.7 Å². The molecule has 3 aliphatic rings. The maximum atomic E-state index is 14.2. The first kappa shape index (κ1) is 35.9. The van der Waals surface area contributed by atoms with E-state index in [9.17, 15) is 14.7 Å². The molecule has 1 saturated carbocycles. The highest BCUT2D eigenvalue weighted by Crippen LogP contribution is 2.47. The number of allylic oxidation sites excluding steroid dienone is 2. The molecule has 2 fully saturated rings. The summed E-state index contributed by atoms with van der Waals surface area (Å²) < 4.78 is 6.05. The van der Waals surface area contributed by atoms with Crippen molar-refractivity contribution in [2.45, 2.75) is 85.1 Å². The van der Waals surface area contributed by atoms with Gasteiger partial charge in [-0.2, -0.15) is 5.06 Å². The second-order valence-corrected chi connectivity index (χ2v) is 14.5. The van der Waals surface area contributed by atoms with Crippen molar-refractivity contribution in [2.24, 2.45) is 34.8 Å². The first-order valence-corrected chi connectivity index (χ1v) is 16.8. The van der Waals surface area contributed by atoms with Crippen molar-refractivity contribution in [3.63, 3.8) is 0 Å². The van der Waals surface area contributed by atoms with Crippen molar-refractivity contribution < 1.29 is 24.3 Å². The van der Waals surface area contributed by atoms with E-state index in [1.165, 1.54) is 0 Å². The highest BCUT2D eigenvalue weighted by molar-refractivity contribution is 5.96. The Morgan fingerprint density at radius 3 is 2.50 bits per heavy atom. The number of carbonyl (C=O) groups excluding carboxylic acids is 2. The van der Waals surface area contributed by atoms with Crippen LogP contribution < -0.4 is 21.3 Å². The molecule has 46 heavy (non-hydrogen) atoms. The number of hydrogen-bond donors (Lipinski definition) is 4. The summed E-state index contributed by atoms with van der Waals surface area (Å²) in [5.74, 6) is 1.06.